The minimum Gasteiger partial charge on any atom is -0.497 e. The molecule has 5 heteroatoms. The van der Waals surface area contributed by atoms with Crippen LogP contribution in [0.4, 0.5) is 0 Å². The average Bonchev–Trinajstić information content (AvgIpc) is 2.65. The van der Waals surface area contributed by atoms with Crippen LogP contribution in [0.2, 0.25) is 0 Å². The summed E-state index contributed by atoms with van der Waals surface area (Å²) in [4.78, 5) is 12.7. The zero-order valence-electron chi connectivity index (χ0n) is 14.7. The zero-order chi connectivity index (χ0) is 18.0. The van der Waals surface area contributed by atoms with Gasteiger partial charge in [0.15, 0.2) is 0 Å². The van der Waals surface area contributed by atoms with E-state index in [1.54, 1.807) is 50.6 Å². The van der Waals surface area contributed by atoms with E-state index in [-0.39, 0.29) is 6.90 Å². The lowest BCUT2D eigenvalue weighted by molar-refractivity contribution is 0.395. The summed E-state index contributed by atoms with van der Waals surface area (Å²) in [7, 11) is 4.62. The van der Waals surface area contributed by atoms with Gasteiger partial charge in [-0.2, -0.15) is 0 Å². The Bertz CT molecular complexity index is 977. The van der Waals surface area contributed by atoms with Gasteiger partial charge in [-0.05, 0) is 36.7 Å². The Morgan fingerprint density at radius 1 is 0.958 bits per heavy atom. The number of aryl methyl sites for hydroxylation is 1. The second-order valence-corrected chi connectivity index (χ2v) is 5.17. The van der Waals surface area contributed by atoms with E-state index < -0.39 is 5.63 Å². The zero-order valence-corrected chi connectivity index (χ0v) is 13.7. The van der Waals surface area contributed by atoms with Crippen LogP contribution >= 0.6 is 0 Å². The molecule has 2 aromatic carbocycles. The van der Waals surface area contributed by atoms with Crippen molar-refractivity contribution in [2.45, 2.75) is 6.90 Å². The van der Waals surface area contributed by atoms with E-state index in [0.717, 1.165) is 0 Å². The first-order chi connectivity index (χ1) is 12.1. The monoisotopic (exact) mass is 327 g/mol. The Labute approximate surface area is 140 Å². The topological polar surface area (TPSA) is 57.9 Å². The molecule has 0 aliphatic rings. The van der Waals surface area contributed by atoms with Crippen molar-refractivity contribution in [1.82, 2.24) is 0 Å². The van der Waals surface area contributed by atoms with Crippen LogP contribution in [0.25, 0.3) is 22.1 Å². The van der Waals surface area contributed by atoms with Gasteiger partial charge in [-0.15, -0.1) is 0 Å². The third-order valence-electron chi connectivity index (χ3n) is 3.90. The quantitative estimate of drug-likeness (QED) is 0.682. The van der Waals surface area contributed by atoms with Gasteiger partial charge in [0, 0.05) is 24.5 Å². The Morgan fingerprint density at radius 3 is 2.33 bits per heavy atom. The largest absolute Gasteiger partial charge is 0.497 e. The third-order valence-corrected chi connectivity index (χ3v) is 3.90. The first-order valence-electron chi connectivity index (χ1n) is 7.99. The van der Waals surface area contributed by atoms with E-state index in [2.05, 4.69) is 0 Å². The van der Waals surface area contributed by atoms with E-state index in [1.807, 2.05) is 0 Å². The van der Waals surface area contributed by atoms with Crippen LogP contribution in [0.1, 0.15) is 6.93 Å². The Hall–Kier alpha value is -2.95. The molecule has 1 aromatic heterocycles. The summed E-state index contributed by atoms with van der Waals surface area (Å²) >= 11 is 0. The molecule has 3 aromatic rings. The lowest BCUT2D eigenvalue weighted by Crippen LogP contribution is -2.07. The van der Waals surface area contributed by atoms with Gasteiger partial charge >= 0.3 is 5.63 Å². The Balaban J connectivity index is 2.33. The smallest absolute Gasteiger partial charge is 0.344 e. The molecular weight excluding hydrogens is 308 g/mol. The van der Waals surface area contributed by atoms with Gasteiger partial charge in [0.1, 0.15) is 22.8 Å². The molecular formula is C19H18O5. The molecule has 0 N–H and O–H groups in total. The molecule has 0 aliphatic carbocycles. The molecule has 0 atom stereocenters. The standard InChI is InChI=1S/C19H18O5/c1-11-14-7-5-13(22-3)10-17(14)24-19(20)18(11)15-8-6-12(21-2)9-16(15)23-4/h5-10H,1-4H3/i1D. The summed E-state index contributed by atoms with van der Waals surface area (Å²) in [5.41, 5.74) is 1.34. The van der Waals surface area contributed by atoms with Gasteiger partial charge in [0.25, 0.3) is 0 Å². The maximum Gasteiger partial charge on any atom is 0.344 e. The molecule has 0 unspecified atom stereocenters. The van der Waals surface area contributed by atoms with Crippen LogP contribution in [-0.2, 0) is 0 Å². The number of benzene rings is 2. The highest BCUT2D eigenvalue weighted by atomic mass is 16.5. The van der Waals surface area contributed by atoms with Gasteiger partial charge in [-0.3, -0.25) is 0 Å². The highest BCUT2D eigenvalue weighted by Crippen LogP contribution is 2.35. The van der Waals surface area contributed by atoms with Crippen LogP contribution < -0.4 is 19.8 Å². The van der Waals surface area contributed by atoms with E-state index in [4.69, 9.17) is 20.0 Å². The molecule has 0 bridgehead atoms. The minimum absolute atomic E-state index is 0.0705. The average molecular weight is 327 g/mol. The second kappa shape index (κ2) is 6.28. The number of rotatable bonds is 4. The lowest BCUT2D eigenvalue weighted by atomic mass is 9.98. The molecule has 0 saturated heterocycles. The molecule has 0 radical (unpaired) electrons. The van der Waals surface area contributed by atoms with Crippen LogP contribution in [0.3, 0.4) is 0 Å². The van der Waals surface area contributed by atoms with Gasteiger partial charge in [0.05, 0.1) is 26.9 Å². The highest BCUT2D eigenvalue weighted by molar-refractivity contribution is 5.88. The third kappa shape index (κ3) is 2.58. The van der Waals surface area contributed by atoms with Gasteiger partial charge in [-0.25, -0.2) is 4.79 Å². The van der Waals surface area contributed by atoms with E-state index >= 15 is 0 Å². The van der Waals surface area contributed by atoms with E-state index in [0.29, 0.717) is 44.9 Å². The van der Waals surface area contributed by atoms with Crippen molar-refractivity contribution in [3.05, 3.63) is 52.4 Å². The minimum atomic E-state index is -0.522. The van der Waals surface area contributed by atoms with Crippen molar-refractivity contribution >= 4 is 11.0 Å². The number of hydrogen-bond acceptors (Lipinski definition) is 5. The van der Waals surface area contributed by atoms with E-state index in [1.165, 1.54) is 7.11 Å². The van der Waals surface area contributed by atoms with Crippen molar-refractivity contribution in [2.75, 3.05) is 21.3 Å². The molecule has 5 nitrogen and oxygen atoms in total. The normalized spacial score (nSPS) is 11.2. The van der Waals surface area contributed by atoms with Crippen molar-refractivity contribution < 1.29 is 20.0 Å². The summed E-state index contributed by atoms with van der Waals surface area (Å²) in [5.74, 6) is 1.68. The molecule has 24 heavy (non-hydrogen) atoms. The van der Waals surface area contributed by atoms with Crippen molar-refractivity contribution in [3.63, 3.8) is 0 Å². The summed E-state index contributed by atoms with van der Waals surface area (Å²) < 4.78 is 29.2. The second-order valence-electron chi connectivity index (χ2n) is 5.17. The summed E-state index contributed by atoms with van der Waals surface area (Å²) in [6.45, 7) is -0.0705. The number of fused-ring (bicyclic) bond motifs is 1. The highest BCUT2D eigenvalue weighted by Gasteiger charge is 2.18. The van der Waals surface area contributed by atoms with Crippen molar-refractivity contribution in [3.8, 4) is 28.4 Å². The molecule has 0 saturated carbocycles. The SMILES string of the molecule is [2H]Cc1c(-c2ccc(OC)cc2OC)c(=O)oc2cc(OC)ccc12. The van der Waals surface area contributed by atoms with Crippen LogP contribution in [0, 0.1) is 6.90 Å². The Kier molecular flexibility index (Phi) is 3.83. The lowest BCUT2D eigenvalue weighted by Gasteiger charge is -2.13. The maximum absolute atomic E-state index is 12.7. The van der Waals surface area contributed by atoms with Gasteiger partial charge in [0.2, 0.25) is 0 Å². The molecule has 0 amide bonds. The molecule has 3 rings (SSSR count). The molecule has 0 aliphatic heterocycles. The van der Waals surface area contributed by atoms with Crippen molar-refractivity contribution in [2.24, 2.45) is 0 Å². The number of hydrogen-bond donors (Lipinski definition) is 0. The Morgan fingerprint density at radius 2 is 1.67 bits per heavy atom. The fraction of sp³-hybridized carbons (Fsp3) is 0.211. The first-order valence-corrected chi connectivity index (χ1v) is 7.28. The van der Waals surface area contributed by atoms with Gasteiger partial charge in [-0.1, -0.05) is 0 Å². The van der Waals surface area contributed by atoms with Gasteiger partial charge < -0.3 is 18.6 Å². The number of ether oxygens (including phenoxy) is 3. The molecule has 124 valence electrons. The summed E-state index contributed by atoms with van der Waals surface area (Å²) in [6.07, 6.45) is 0. The molecule has 0 fully saturated rings. The van der Waals surface area contributed by atoms with E-state index in [9.17, 15) is 4.79 Å². The van der Waals surface area contributed by atoms with Crippen molar-refractivity contribution in [1.29, 1.82) is 0 Å². The van der Waals surface area contributed by atoms with Crippen LogP contribution in [0.15, 0.2) is 45.6 Å². The summed E-state index contributed by atoms with van der Waals surface area (Å²) in [5, 5.41) is 0.697. The molecule has 1 heterocycles. The van der Waals surface area contributed by atoms with Crippen LogP contribution in [0.5, 0.6) is 17.2 Å². The maximum atomic E-state index is 12.7. The predicted octanol–water partition coefficient (Wildman–Crippen LogP) is 3.79. The fourth-order valence-electron chi connectivity index (χ4n) is 2.65. The predicted molar refractivity (Wildman–Crippen MR) is 92.3 cm³/mol. The number of methoxy groups -OCH3 is 3. The summed E-state index contributed by atoms with van der Waals surface area (Å²) in [6, 6.07) is 10.4. The molecule has 0 spiro atoms. The van der Waals surface area contributed by atoms with Crippen LogP contribution in [-0.4, -0.2) is 21.3 Å². The first kappa shape index (κ1) is 14.6. The fourth-order valence-corrected chi connectivity index (χ4v) is 2.65.